The van der Waals surface area contributed by atoms with E-state index in [2.05, 4.69) is 25.9 Å². The molecule has 2 fully saturated rings. The Morgan fingerprint density at radius 2 is 1.89 bits per heavy atom. The van der Waals surface area contributed by atoms with Gasteiger partial charge in [-0.1, -0.05) is 37.0 Å². The minimum atomic E-state index is -0.477. The number of rotatable bonds is 8. The number of nitrogens with zero attached hydrogens (tertiary/aromatic N) is 2. The Hall–Kier alpha value is -2.48. The normalized spacial score (nSPS) is 17.9. The molecule has 1 atom stereocenters. The van der Waals surface area contributed by atoms with Crippen molar-refractivity contribution in [2.75, 3.05) is 5.32 Å². The molecule has 8 heteroatoms. The molecule has 0 aliphatic heterocycles. The van der Waals surface area contributed by atoms with Gasteiger partial charge in [0.1, 0.15) is 10.9 Å². The monoisotopic (exact) mass is 399 g/mol. The third-order valence-corrected chi connectivity index (χ3v) is 6.16. The van der Waals surface area contributed by atoms with Crippen LogP contribution >= 0.6 is 11.3 Å². The zero-order valence-corrected chi connectivity index (χ0v) is 16.5. The van der Waals surface area contributed by atoms with Gasteiger partial charge >= 0.3 is 0 Å². The van der Waals surface area contributed by atoms with Gasteiger partial charge in [-0.2, -0.15) is 0 Å². The molecular formula is C20H25N5O2S. The van der Waals surface area contributed by atoms with E-state index in [1.54, 1.807) is 18.6 Å². The molecule has 0 spiro atoms. The third kappa shape index (κ3) is 5.07. The van der Waals surface area contributed by atoms with E-state index >= 15 is 0 Å². The van der Waals surface area contributed by atoms with Crippen LogP contribution in [0.5, 0.6) is 0 Å². The minimum Gasteiger partial charge on any atom is -0.352 e. The smallest absolute Gasteiger partial charge is 0.263 e. The molecule has 2 amide bonds. The molecule has 4 rings (SSSR count). The summed E-state index contributed by atoms with van der Waals surface area (Å²) in [5.41, 5.74) is 0.860. The molecule has 148 valence electrons. The van der Waals surface area contributed by atoms with Crippen molar-refractivity contribution >= 4 is 34.0 Å². The van der Waals surface area contributed by atoms with E-state index in [0.29, 0.717) is 22.3 Å². The summed E-state index contributed by atoms with van der Waals surface area (Å²) in [6.45, 7) is 0. The number of carbonyl (C=O) groups excluding carboxylic acids is 2. The second-order valence-corrected chi connectivity index (χ2v) is 8.62. The summed E-state index contributed by atoms with van der Waals surface area (Å²) in [6.07, 6.45) is 12.4. The molecule has 2 aromatic rings. The van der Waals surface area contributed by atoms with Gasteiger partial charge in [-0.25, -0.2) is 4.98 Å². The summed E-state index contributed by atoms with van der Waals surface area (Å²) >= 11 is 1.27. The van der Waals surface area contributed by atoms with Crippen LogP contribution in [0, 0.1) is 5.92 Å². The molecular weight excluding hydrogens is 374 g/mol. The van der Waals surface area contributed by atoms with E-state index in [9.17, 15) is 9.59 Å². The number of hydrogen-bond donors (Lipinski definition) is 3. The molecule has 2 aliphatic rings. The molecule has 2 heterocycles. The molecule has 2 aromatic heterocycles. The Balaban J connectivity index is 1.39. The lowest BCUT2D eigenvalue weighted by Gasteiger charge is -2.21. The average Bonchev–Trinajstić information content (AvgIpc) is 3.16. The van der Waals surface area contributed by atoms with E-state index < -0.39 is 6.04 Å². The Kier molecular flexibility index (Phi) is 5.85. The lowest BCUT2D eigenvalue weighted by molar-refractivity contribution is -0.123. The highest BCUT2D eigenvalue weighted by molar-refractivity contribution is 7.17. The number of aromatic nitrogens is 2. The van der Waals surface area contributed by atoms with Crippen molar-refractivity contribution in [3.05, 3.63) is 35.6 Å². The lowest BCUT2D eigenvalue weighted by atomic mass is 9.97. The predicted molar refractivity (Wildman–Crippen MR) is 109 cm³/mol. The first-order chi connectivity index (χ1) is 13.7. The molecule has 0 aromatic carbocycles. The zero-order valence-electron chi connectivity index (χ0n) is 15.7. The number of carbonyl (C=O) groups is 2. The second-order valence-electron chi connectivity index (χ2n) is 7.59. The van der Waals surface area contributed by atoms with E-state index in [4.69, 9.17) is 0 Å². The maximum atomic E-state index is 12.7. The van der Waals surface area contributed by atoms with Crippen molar-refractivity contribution in [3.8, 4) is 0 Å². The minimum absolute atomic E-state index is 0.0533. The molecule has 0 bridgehead atoms. The summed E-state index contributed by atoms with van der Waals surface area (Å²) in [4.78, 5) is 34.1. The first-order valence-electron chi connectivity index (χ1n) is 9.91. The fraction of sp³-hybridized carbons (Fsp3) is 0.500. The summed E-state index contributed by atoms with van der Waals surface area (Å²) in [5.74, 6) is 0.220. The number of anilines is 2. The van der Waals surface area contributed by atoms with Crippen LogP contribution in [0.25, 0.3) is 0 Å². The number of nitrogens with one attached hydrogen (secondary N) is 3. The SMILES string of the molecule is O=C(N[C@@H](CC1CCCC1)C(=O)NC1CC1)c1cnc(Nc2ccncc2)s1. The van der Waals surface area contributed by atoms with Crippen molar-refractivity contribution in [2.45, 2.75) is 57.0 Å². The van der Waals surface area contributed by atoms with Gasteiger partial charge in [-0.05, 0) is 37.3 Å². The fourth-order valence-electron chi connectivity index (χ4n) is 3.57. The first kappa shape index (κ1) is 18.9. The highest BCUT2D eigenvalue weighted by Crippen LogP contribution is 2.29. The van der Waals surface area contributed by atoms with Crippen LogP contribution in [-0.4, -0.2) is 33.9 Å². The predicted octanol–water partition coefficient (Wildman–Crippen LogP) is 3.24. The Bertz CT molecular complexity index is 815. The summed E-state index contributed by atoms with van der Waals surface area (Å²) in [7, 11) is 0. The molecule has 0 saturated heterocycles. The number of amides is 2. The lowest BCUT2D eigenvalue weighted by Crippen LogP contribution is -2.48. The Morgan fingerprint density at radius 3 is 2.61 bits per heavy atom. The van der Waals surface area contributed by atoms with Crippen LogP contribution < -0.4 is 16.0 Å². The van der Waals surface area contributed by atoms with Crippen LogP contribution in [0.3, 0.4) is 0 Å². The van der Waals surface area contributed by atoms with Gasteiger partial charge in [-0.15, -0.1) is 0 Å². The second kappa shape index (κ2) is 8.68. The van der Waals surface area contributed by atoms with Crippen molar-refractivity contribution in [3.63, 3.8) is 0 Å². The summed E-state index contributed by atoms with van der Waals surface area (Å²) in [6, 6.07) is 3.48. The molecule has 0 radical (unpaired) electrons. The largest absolute Gasteiger partial charge is 0.352 e. The molecule has 0 unspecified atom stereocenters. The van der Waals surface area contributed by atoms with Gasteiger partial charge < -0.3 is 16.0 Å². The van der Waals surface area contributed by atoms with E-state index in [1.807, 2.05) is 12.1 Å². The number of thiazole rings is 1. The van der Waals surface area contributed by atoms with Crippen LogP contribution in [0.4, 0.5) is 10.8 Å². The van der Waals surface area contributed by atoms with Crippen molar-refractivity contribution < 1.29 is 9.59 Å². The van der Waals surface area contributed by atoms with E-state index in [0.717, 1.165) is 31.4 Å². The van der Waals surface area contributed by atoms with Crippen molar-refractivity contribution in [1.82, 2.24) is 20.6 Å². The summed E-state index contributed by atoms with van der Waals surface area (Å²) < 4.78 is 0. The van der Waals surface area contributed by atoms with Crippen molar-refractivity contribution in [2.24, 2.45) is 5.92 Å². The van der Waals surface area contributed by atoms with E-state index in [-0.39, 0.29) is 17.9 Å². The van der Waals surface area contributed by atoms with Gasteiger partial charge in [0.25, 0.3) is 5.91 Å². The number of pyridine rings is 1. The quantitative estimate of drug-likeness (QED) is 0.633. The summed E-state index contributed by atoms with van der Waals surface area (Å²) in [5, 5.41) is 9.78. The van der Waals surface area contributed by atoms with Gasteiger partial charge in [0, 0.05) is 24.1 Å². The molecule has 2 aliphatic carbocycles. The Labute approximate surface area is 168 Å². The van der Waals surface area contributed by atoms with Gasteiger partial charge in [-0.3, -0.25) is 14.6 Å². The molecule has 7 nitrogen and oxygen atoms in total. The van der Waals surface area contributed by atoms with Crippen molar-refractivity contribution in [1.29, 1.82) is 0 Å². The molecule has 2 saturated carbocycles. The van der Waals surface area contributed by atoms with Crippen LogP contribution in [-0.2, 0) is 4.79 Å². The van der Waals surface area contributed by atoms with E-state index in [1.165, 1.54) is 24.2 Å². The highest BCUT2D eigenvalue weighted by Gasteiger charge is 2.31. The topological polar surface area (TPSA) is 96.0 Å². The zero-order chi connectivity index (χ0) is 19.3. The standard InChI is InChI=1S/C20H25N5O2S/c26-18(23-14-5-6-14)16(11-13-3-1-2-4-13)25-19(27)17-12-22-20(28-17)24-15-7-9-21-10-8-15/h7-10,12-14,16H,1-6,11H2,(H,23,26)(H,25,27)(H,21,22,24)/t16-/m0/s1. The molecule has 28 heavy (non-hydrogen) atoms. The van der Waals surface area contributed by atoms with Crippen LogP contribution in [0.15, 0.2) is 30.7 Å². The first-order valence-corrected chi connectivity index (χ1v) is 10.7. The van der Waals surface area contributed by atoms with Gasteiger partial charge in [0.2, 0.25) is 5.91 Å². The van der Waals surface area contributed by atoms with Gasteiger partial charge in [0.15, 0.2) is 5.13 Å². The molecule has 3 N–H and O–H groups in total. The highest BCUT2D eigenvalue weighted by atomic mass is 32.1. The third-order valence-electron chi connectivity index (χ3n) is 5.25. The number of hydrogen-bond acceptors (Lipinski definition) is 6. The average molecular weight is 400 g/mol. The maximum absolute atomic E-state index is 12.7. The van der Waals surface area contributed by atoms with Crippen LogP contribution in [0.2, 0.25) is 0 Å². The fourth-order valence-corrected chi connectivity index (χ4v) is 4.30. The maximum Gasteiger partial charge on any atom is 0.263 e. The van der Waals surface area contributed by atoms with Gasteiger partial charge in [0.05, 0.1) is 6.20 Å². The van der Waals surface area contributed by atoms with Crippen LogP contribution in [0.1, 0.15) is 54.6 Å². The Morgan fingerprint density at radius 1 is 1.14 bits per heavy atom.